The highest BCUT2D eigenvalue weighted by Gasteiger charge is 2.60. The van der Waals surface area contributed by atoms with Crippen LogP contribution >= 0.6 is 23.1 Å². The largest absolute Gasteiger partial charge is 0.456 e. The van der Waals surface area contributed by atoms with Crippen LogP contribution in [0.25, 0.3) is 10.4 Å². The van der Waals surface area contributed by atoms with Gasteiger partial charge in [0, 0.05) is 56.2 Å². The number of esters is 1. The van der Waals surface area contributed by atoms with Crippen LogP contribution in [0.3, 0.4) is 0 Å². The molecule has 1 amide bonds. The Hall–Kier alpha value is -3.35. The van der Waals surface area contributed by atoms with E-state index in [4.69, 9.17) is 4.74 Å². The summed E-state index contributed by atoms with van der Waals surface area (Å²) in [5.41, 5.74) is 1.20. The molecular weight excluding hydrogens is 621 g/mol. The van der Waals surface area contributed by atoms with Gasteiger partial charge in [-0.1, -0.05) is 6.92 Å². The molecule has 43 heavy (non-hydrogen) atoms. The molecule has 0 spiro atoms. The molecule has 4 heterocycles. The zero-order valence-corrected chi connectivity index (χ0v) is 26.1. The predicted octanol–water partition coefficient (Wildman–Crippen LogP) is 2.10. The number of thioether (sulfide) groups is 1. The van der Waals surface area contributed by atoms with Gasteiger partial charge in [0.25, 0.3) is 15.9 Å². The molecule has 230 valence electrons. The molecule has 2 aliphatic heterocycles. The Bertz CT molecular complexity index is 1710. The van der Waals surface area contributed by atoms with E-state index in [2.05, 4.69) is 9.71 Å². The SMILES string of the molecule is C[C@@H](O)[C@H]1C(=O)N2C(C(=O)OCc3ccc([N+](=O)[O-])cc3)=C(c3cn4cnc(SCCNS(=O)(=O)N(C)C)c4s3)[C@H](C)[C@H]12. The lowest BCUT2D eigenvalue weighted by atomic mass is 9.77. The fourth-order valence-electron chi connectivity index (χ4n) is 5.26. The molecule has 0 unspecified atom stereocenters. The summed E-state index contributed by atoms with van der Waals surface area (Å²) in [6, 6.07) is 5.23. The van der Waals surface area contributed by atoms with Crippen molar-refractivity contribution in [3.8, 4) is 0 Å². The quantitative estimate of drug-likeness (QED) is 0.0737. The number of nitro benzene ring substituents is 1. The standard InChI is InChI=1S/C26H30N6O8S3/c1-14-19(18-11-30-13-27-23(25(30)42-18)41-10-9-28-43(38,39)29(3)4)22(31-21(14)20(15(2)33)24(31)34)26(35)40-12-16-5-7-17(8-6-16)32(36)37/h5-8,11,13-15,20-21,28,33H,9-10,12H2,1-4H3/t14-,15+,20+,21+/m0/s1. The number of β-lactam (4-membered cyclic amide) rings is 1. The normalized spacial score (nSPS) is 20.9. The van der Waals surface area contributed by atoms with Gasteiger partial charge in [0.05, 0.1) is 27.9 Å². The Balaban J connectivity index is 1.40. The van der Waals surface area contributed by atoms with Crippen LogP contribution in [0.5, 0.6) is 0 Å². The molecule has 1 aromatic carbocycles. The van der Waals surface area contributed by atoms with Crippen LogP contribution in [-0.2, 0) is 31.1 Å². The van der Waals surface area contributed by atoms with Crippen LogP contribution in [0, 0.1) is 22.0 Å². The Labute approximate surface area is 255 Å². The van der Waals surface area contributed by atoms with Crippen LogP contribution in [0.2, 0.25) is 0 Å². The maximum absolute atomic E-state index is 13.5. The first-order chi connectivity index (χ1) is 20.3. The molecule has 4 atom stereocenters. The van der Waals surface area contributed by atoms with E-state index in [0.29, 0.717) is 21.9 Å². The van der Waals surface area contributed by atoms with E-state index in [1.165, 1.54) is 66.4 Å². The summed E-state index contributed by atoms with van der Waals surface area (Å²) >= 11 is 2.77. The second-order valence-corrected chi connectivity index (χ2v) is 14.5. The summed E-state index contributed by atoms with van der Waals surface area (Å²) < 4.78 is 34.9. The third-order valence-corrected chi connectivity index (χ3v) is 11.2. The monoisotopic (exact) mass is 650 g/mol. The summed E-state index contributed by atoms with van der Waals surface area (Å²) in [6.45, 7) is 3.52. The highest BCUT2D eigenvalue weighted by molar-refractivity contribution is 7.99. The molecule has 0 bridgehead atoms. The van der Waals surface area contributed by atoms with E-state index >= 15 is 0 Å². The van der Waals surface area contributed by atoms with Crippen LogP contribution < -0.4 is 4.72 Å². The van der Waals surface area contributed by atoms with Gasteiger partial charge in [0.2, 0.25) is 5.91 Å². The average Bonchev–Trinajstić information content (AvgIpc) is 3.59. The molecule has 5 rings (SSSR count). The van der Waals surface area contributed by atoms with Gasteiger partial charge in [0.1, 0.15) is 28.5 Å². The van der Waals surface area contributed by atoms with E-state index < -0.39 is 39.2 Å². The number of aromatic nitrogens is 2. The summed E-state index contributed by atoms with van der Waals surface area (Å²) in [5, 5.41) is 22.0. The Morgan fingerprint density at radius 3 is 2.65 bits per heavy atom. The zero-order chi connectivity index (χ0) is 31.2. The van der Waals surface area contributed by atoms with Gasteiger partial charge >= 0.3 is 5.97 Å². The first kappa shape index (κ1) is 31.1. The van der Waals surface area contributed by atoms with E-state index in [-0.39, 0.29) is 36.4 Å². The topological polar surface area (TPSA) is 177 Å². The number of benzene rings is 1. The first-order valence-corrected chi connectivity index (χ1v) is 16.5. The first-order valence-electron chi connectivity index (χ1n) is 13.2. The van der Waals surface area contributed by atoms with Gasteiger partial charge in [-0.05, 0) is 24.6 Å². The molecule has 17 heteroatoms. The van der Waals surface area contributed by atoms with Crippen molar-refractivity contribution < 1.29 is 32.8 Å². The van der Waals surface area contributed by atoms with E-state index in [1.54, 1.807) is 13.3 Å². The number of amides is 1. The molecule has 0 aliphatic carbocycles. The Morgan fingerprint density at radius 2 is 2.02 bits per heavy atom. The number of nitro groups is 1. The molecule has 14 nitrogen and oxygen atoms in total. The minimum Gasteiger partial charge on any atom is -0.456 e. The van der Waals surface area contributed by atoms with Crippen molar-refractivity contribution in [1.29, 1.82) is 0 Å². The van der Waals surface area contributed by atoms with Crippen LogP contribution in [0.4, 0.5) is 5.69 Å². The number of nitrogens with zero attached hydrogens (tertiary/aromatic N) is 5. The molecular formula is C26H30N6O8S3. The lowest BCUT2D eigenvalue weighted by Gasteiger charge is -2.46. The van der Waals surface area contributed by atoms with Gasteiger partial charge in [0.15, 0.2) is 0 Å². The number of nitrogens with one attached hydrogen (secondary N) is 1. The van der Waals surface area contributed by atoms with Crippen molar-refractivity contribution in [3.05, 3.63) is 63.0 Å². The Kier molecular flexibility index (Phi) is 8.65. The number of hydrogen-bond acceptors (Lipinski definition) is 11. The van der Waals surface area contributed by atoms with Gasteiger partial charge in [-0.25, -0.2) is 14.5 Å². The van der Waals surface area contributed by atoms with Crippen LogP contribution in [0.15, 0.2) is 47.5 Å². The summed E-state index contributed by atoms with van der Waals surface area (Å²) in [4.78, 5) is 44.5. The molecule has 0 radical (unpaired) electrons. The Morgan fingerprint density at radius 1 is 1.33 bits per heavy atom. The number of fused-ring (bicyclic) bond motifs is 2. The fourth-order valence-corrected chi connectivity index (χ4v) is 8.17. The van der Waals surface area contributed by atoms with Gasteiger partial charge < -0.3 is 14.7 Å². The van der Waals surface area contributed by atoms with E-state index in [0.717, 1.165) is 14.0 Å². The molecule has 1 saturated heterocycles. The summed E-state index contributed by atoms with van der Waals surface area (Å²) in [6.07, 6.45) is 2.56. The second kappa shape index (κ2) is 12.0. The minimum atomic E-state index is -3.54. The predicted molar refractivity (Wildman–Crippen MR) is 159 cm³/mol. The minimum absolute atomic E-state index is 0.0844. The maximum atomic E-state index is 13.5. The summed E-state index contributed by atoms with van der Waals surface area (Å²) in [7, 11) is -0.648. The van der Waals surface area contributed by atoms with E-state index in [9.17, 15) is 33.2 Å². The molecule has 2 N–H and O–H groups in total. The lowest BCUT2D eigenvalue weighted by Crippen LogP contribution is -2.63. The third-order valence-electron chi connectivity index (χ3n) is 7.43. The number of carbonyl (C=O) groups excluding carboxylic acids is 2. The number of carbonyl (C=O) groups is 2. The highest BCUT2D eigenvalue weighted by Crippen LogP contribution is 2.52. The number of aliphatic hydroxyl groups is 1. The van der Waals surface area contributed by atoms with E-state index in [1.807, 2.05) is 17.5 Å². The molecule has 2 aromatic heterocycles. The fraction of sp³-hybridized carbons (Fsp3) is 0.423. The average molecular weight is 651 g/mol. The van der Waals surface area contributed by atoms with Gasteiger partial charge in [-0.2, -0.15) is 12.7 Å². The molecule has 1 fully saturated rings. The smallest absolute Gasteiger partial charge is 0.355 e. The van der Waals surface area contributed by atoms with Gasteiger partial charge in [-0.3, -0.25) is 19.3 Å². The maximum Gasteiger partial charge on any atom is 0.355 e. The highest BCUT2D eigenvalue weighted by atomic mass is 32.2. The van der Waals surface area contributed by atoms with Crippen LogP contribution in [-0.4, -0.2) is 87.5 Å². The van der Waals surface area contributed by atoms with Crippen molar-refractivity contribution in [3.63, 3.8) is 0 Å². The van der Waals surface area contributed by atoms with Crippen molar-refractivity contribution in [2.75, 3.05) is 26.4 Å². The van der Waals surface area contributed by atoms with Crippen LogP contribution in [0.1, 0.15) is 24.3 Å². The lowest BCUT2D eigenvalue weighted by molar-refractivity contribution is -0.384. The third kappa shape index (κ3) is 5.80. The number of rotatable bonds is 12. The van der Waals surface area contributed by atoms with Crippen molar-refractivity contribution in [2.45, 2.75) is 37.6 Å². The summed E-state index contributed by atoms with van der Waals surface area (Å²) in [5.74, 6) is -1.57. The number of thiazole rings is 1. The number of non-ortho nitro benzene ring substituents is 1. The second-order valence-electron chi connectivity index (χ2n) is 10.4. The molecule has 3 aromatic rings. The molecule has 0 saturated carbocycles. The van der Waals surface area contributed by atoms with Crippen molar-refractivity contribution in [2.24, 2.45) is 11.8 Å². The van der Waals surface area contributed by atoms with Crippen molar-refractivity contribution >= 4 is 61.3 Å². The molecule has 2 aliphatic rings. The van der Waals surface area contributed by atoms with Gasteiger partial charge in [-0.15, -0.1) is 23.1 Å². The number of ether oxygens (including phenoxy) is 1. The number of hydrogen-bond donors (Lipinski definition) is 2. The number of aliphatic hydroxyl groups excluding tert-OH is 1. The zero-order valence-electron chi connectivity index (χ0n) is 23.7. The number of imidazole rings is 1. The van der Waals surface area contributed by atoms with Crippen molar-refractivity contribution in [1.82, 2.24) is 23.3 Å².